The van der Waals surface area contributed by atoms with E-state index in [-0.39, 0.29) is 23.9 Å². The van der Waals surface area contributed by atoms with Gasteiger partial charge in [0.1, 0.15) is 35.0 Å². The molecule has 0 aliphatic heterocycles. The van der Waals surface area contributed by atoms with Crippen LogP contribution in [-0.4, -0.2) is 33.3 Å². The summed E-state index contributed by atoms with van der Waals surface area (Å²) in [6.07, 6.45) is 0. The maximum Gasteiger partial charge on any atom is 0.220 e. The Morgan fingerprint density at radius 3 is 2.58 bits per heavy atom. The van der Waals surface area contributed by atoms with Gasteiger partial charge < -0.3 is 9.47 Å². The molecule has 0 aliphatic rings. The van der Waals surface area contributed by atoms with Gasteiger partial charge in [-0.1, -0.05) is 41.6 Å². The first-order valence-corrected chi connectivity index (χ1v) is 12.1. The Labute approximate surface area is 216 Å². The first-order chi connectivity index (χ1) is 17.3. The van der Waals surface area contributed by atoms with Gasteiger partial charge in [-0.05, 0) is 66.6 Å². The lowest BCUT2D eigenvalue weighted by molar-refractivity contribution is -0.479. The summed E-state index contributed by atoms with van der Waals surface area (Å²) in [5.74, 6) is 1.39. The number of thioether (sulfide) groups is 1. The lowest BCUT2D eigenvalue weighted by atomic mass is 10.1. The molecule has 1 heterocycles. The van der Waals surface area contributed by atoms with Gasteiger partial charge in [-0.2, -0.15) is 0 Å². The van der Waals surface area contributed by atoms with E-state index in [0.29, 0.717) is 38.6 Å². The van der Waals surface area contributed by atoms with Crippen molar-refractivity contribution in [1.82, 2.24) is 14.8 Å². The summed E-state index contributed by atoms with van der Waals surface area (Å²) in [6.45, 7) is 1.60. The summed E-state index contributed by atoms with van der Waals surface area (Å²) in [6, 6.07) is 18.5. The van der Waals surface area contributed by atoms with Crippen LogP contribution in [0.15, 0.2) is 71.9 Å². The van der Waals surface area contributed by atoms with Gasteiger partial charge in [-0.25, -0.2) is 4.39 Å². The van der Waals surface area contributed by atoms with Crippen LogP contribution >= 0.6 is 23.4 Å². The van der Waals surface area contributed by atoms with Crippen molar-refractivity contribution in [3.8, 4) is 17.2 Å². The predicted molar refractivity (Wildman–Crippen MR) is 135 cm³/mol. The number of hydrogen-bond donors (Lipinski definition) is 0. The van der Waals surface area contributed by atoms with E-state index in [0.717, 1.165) is 5.69 Å². The largest absolute Gasteiger partial charge is 0.497 e. The molecule has 0 radical (unpaired) electrons. The van der Waals surface area contributed by atoms with Crippen LogP contribution in [0.1, 0.15) is 22.2 Å². The number of hydrogen-bond acceptors (Lipinski definition) is 7. The zero-order chi connectivity index (χ0) is 25.7. The normalized spacial score (nSPS) is 11.8. The van der Waals surface area contributed by atoms with Crippen molar-refractivity contribution < 1.29 is 18.8 Å². The van der Waals surface area contributed by atoms with E-state index in [1.165, 1.54) is 23.9 Å². The van der Waals surface area contributed by atoms with Gasteiger partial charge >= 0.3 is 0 Å². The fourth-order valence-corrected chi connectivity index (χ4v) is 4.95. The Morgan fingerprint density at radius 2 is 1.92 bits per heavy atom. The maximum atomic E-state index is 13.4. The van der Waals surface area contributed by atoms with E-state index in [4.69, 9.17) is 21.1 Å². The first-order valence-electron chi connectivity index (χ1n) is 10.9. The quantitative estimate of drug-likeness (QED) is 0.140. The number of ether oxygens (including phenoxy) is 2. The molecular formula is C25H22ClFN4O4S. The highest BCUT2D eigenvalue weighted by atomic mass is 35.5. The van der Waals surface area contributed by atoms with Crippen LogP contribution in [0.25, 0.3) is 5.69 Å². The van der Waals surface area contributed by atoms with Gasteiger partial charge in [-0.15, -0.1) is 10.2 Å². The molecule has 0 amide bonds. The molecular weight excluding hydrogens is 507 g/mol. The second kappa shape index (κ2) is 11.4. The number of rotatable bonds is 10. The summed E-state index contributed by atoms with van der Waals surface area (Å²) in [5, 5.41) is 20.1. The summed E-state index contributed by atoms with van der Waals surface area (Å²) in [7, 11) is 1.59. The van der Waals surface area contributed by atoms with Crippen molar-refractivity contribution in [3.63, 3.8) is 0 Å². The minimum Gasteiger partial charge on any atom is -0.497 e. The fourth-order valence-electron chi connectivity index (χ4n) is 3.54. The molecule has 8 nitrogen and oxygen atoms in total. The summed E-state index contributed by atoms with van der Waals surface area (Å²) in [5.41, 5.74) is 2.10. The second-order valence-electron chi connectivity index (χ2n) is 7.79. The van der Waals surface area contributed by atoms with Gasteiger partial charge in [0.05, 0.1) is 12.1 Å². The molecule has 0 saturated carbocycles. The van der Waals surface area contributed by atoms with Crippen LogP contribution < -0.4 is 9.47 Å². The van der Waals surface area contributed by atoms with Gasteiger partial charge in [0, 0.05) is 10.6 Å². The number of methoxy groups -OCH3 is 1. The summed E-state index contributed by atoms with van der Waals surface area (Å²) in [4.78, 5) is 11.1. The van der Waals surface area contributed by atoms with Crippen molar-refractivity contribution in [2.75, 3.05) is 13.7 Å². The van der Waals surface area contributed by atoms with Gasteiger partial charge in [-0.3, -0.25) is 14.7 Å². The average molecular weight is 529 g/mol. The minimum absolute atomic E-state index is 0.133. The zero-order valence-electron chi connectivity index (χ0n) is 19.4. The highest BCUT2D eigenvalue weighted by Gasteiger charge is 2.24. The number of benzene rings is 3. The molecule has 0 saturated heterocycles. The molecule has 36 heavy (non-hydrogen) atoms. The number of aryl methyl sites for hydroxylation is 1. The number of nitro groups is 1. The van der Waals surface area contributed by atoms with E-state index < -0.39 is 5.25 Å². The molecule has 1 aromatic heterocycles. The second-order valence-corrected chi connectivity index (χ2v) is 9.37. The third-order valence-electron chi connectivity index (χ3n) is 5.30. The Hall–Kier alpha value is -3.63. The van der Waals surface area contributed by atoms with E-state index in [1.54, 1.807) is 37.4 Å². The van der Waals surface area contributed by atoms with Crippen molar-refractivity contribution in [3.05, 3.63) is 105 Å². The van der Waals surface area contributed by atoms with Crippen molar-refractivity contribution >= 4 is 23.4 Å². The van der Waals surface area contributed by atoms with E-state index >= 15 is 0 Å². The molecule has 0 fully saturated rings. The SMILES string of the molecule is COc1ccc(-n2c(C)nnc2S[C@H](C[N+](=O)[O-])c2ccc(OCc3cccc(F)c3)c(Cl)c2)cc1. The number of aromatic nitrogens is 3. The minimum atomic E-state index is -0.588. The fraction of sp³-hybridized carbons (Fsp3) is 0.200. The van der Waals surface area contributed by atoms with Gasteiger partial charge in [0.25, 0.3) is 0 Å². The Kier molecular flexibility index (Phi) is 8.07. The lowest BCUT2D eigenvalue weighted by Gasteiger charge is -2.16. The Balaban J connectivity index is 1.57. The Bertz CT molecular complexity index is 1370. The third-order valence-corrected chi connectivity index (χ3v) is 6.78. The van der Waals surface area contributed by atoms with Gasteiger partial charge in [0.15, 0.2) is 5.16 Å². The molecule has 186 valence electrons. The van der Waals surface area contributed by atoms with Crippen molar-refractivity contribution in [2.45, 2.75) is 23.9 Å². The standard InChI is InChI=1S/C25H22ClFN4O4S/c1-16-28-29-25(31(16)20-7-9-21(34-2)10-8-20)36-24(14-30(32)33)18-6-11-23(22(26)13-18)35-15-17-4-3-5-19(27)12-17/h3-13,24H,14-15H2,1-2H3/t24-/m1/s1. The first kappa shape index (κ1) is 25.5. The van der Waals surface area contributed by atoms with Crippen LogP contribution in [0.4, 0.5) is 4.39 Å². The molecule has 0 aliphatic carbocycles. The van der Waals surface area contributed by atoms with Crippen LogP contribution in [0.3, 0.4) is 0 Å². The van der Waals surface area contributed by atoms with E-state index in [1.807, 2.05) is 35.8 Å². The predicted octanol–water partition coefficient (Wildman–Crippen LogP) is 6.07. The highest BCUT2D eigenvalue weighted by Crippen LogP contribution is 2.39. The Morgan fingerprint density at radius 1 is 1.14 bits per heavy atom. The maximum absolute atomic E-state index is 13.4. The monoisotopic (exact) mass is 528 g/mol. The average Bonchev–Trinajstić information content (AvgIpc) is 3.22. The molecule has 3 aromatic carbocycles. The molecule has 11 heteroatoms. The molecule has 0 bridgehead atoms. The van der Waals surface area contributed by atoms with Crippen molar-refractivity contribution in [1.29, 1.82) is 0 Å². The van der Waals surface area contributed by atoms with Gasteiger partial charge in [0.2, 0.25) is 6.54 Å². The molecule has 1 atom stereocenters. The zero-order valence-corrected chi connectivity index (χ0v) is 21.0. The van der Waals surface area contributed by atoms with Crippen LogP contribution in [0.2, 0.25) is 5.02 Å². The van der Waals surface area contributed by atoms with Crippen LogP contribution in [0, 0.1) is 22.9 Å². The van der Waals surface area contributed by atoms with E-state index in [2.05, 4.69) is 10.2 Å². The lowest BCUT2D eigenvalue weighted by Crippen LogP contribution is -2.11. The number of nitrogens with zero attached hydrogens (tertiary/aromatic N) is 4. The third kappa shape index (κ3) is 6.13. The molecule has 4 rings (SSSR count). The highest BCUT2D eigenvalue weighted by molar-refractivity contribution is 7.99. The van der Waals surface area contributed by atoms with Crippen molar-refractivity contribution in [2.24, 2.45) is 0 Å². The topological polar surface area (TPSA) is 92.3 Å². The summed E-state index contributed by atoms with van der Waals surface area (Å²) < 4.78 is 26.2. The van der Waals surface area contributed by atoms with Crippen LogP contribution in [-0.2, 0) is 6.61 Å². The molecule has 0 N–H and O–H groups in total. The summed E-state index contributed by atoms with van der Waals surface area (Å²) >= 11 is 7.67. The molecule has 4 aromatic rings. The number of halogens is 2. The smallest absolute Gasteiger partial charge is 0.220 e. The van der Waals surface area contributed by atoms with Crippen LogP contribution in [0.5, 0.6) is 11.5 Å². The van der Waals surface area contributed by atoms with E-state index in [9.17, 15) is 14.5 Å². The molecule has 0 unspecified atom stereocenters. The molecule has 0 spiro atoms.